The van der Waals surface area contributed by atoms with E-state index in [2.05, 4.69) is 20.7 Å². The maximum atomic E-state index is 13.7. The van der Waals surface area contributed by atoms with E-state index in [1.54, 1.807) is 6.92 Å². The molecule has 2 rings (SSSR count). The number of nitrogens with one attached hydrogen (secondary N) is 1. The van der Waals surface area contributed by atoms with Crippen LogP contribution in [0.25, 0.3) is 0 Å². The van der Waals surface area contributed by atoms with E-state index >= 15 is 0 Å². The summed E-state index contributed by atoms with van der Waals surface area (Å²) in [6, 6.07) is 4.65. The molecule has 0 fully saturated rings. The standard InChI is InChI=1S/C12H10BrFN2O3S2/c1-6-10(5-11(13)20-6)21(18,19)16-9-4-7(12(15)17)2-3-8(9)14/h2-5,16H,1H3,(H2,15,17). The summed E-state index contributed by atoms with van der Waals surface area (Å²) in [5.41, 5.74) is 4.78. The number of sulfonamides is 1. The molecule has 0 saturated carbocycles. The summed E-state index contributed by atoms with van der Waals surface area (Å²) in [5.74, 6) is -1.57. The third-order valence-corrected chi connectivity index (χ3v) is 5.80. The number of nitrogens with two attached hydrogens (primary N) is 1. The molecule has 0 aliphatic carbocycles. The lowest BCUT2D eigenvalue weighted by atomic mass is 10.2. The van der Waals surface area contributed by atoms with Crippen molar-refractivity contribution in [3.63, 3.8) is 0 Å². The van der Waals surface area contributed by atoms with Crippen LogP contribution in [0.3, 0.4) is 0 Å². The monoisotopic (exact) mass is 392 g/mol. The van der Waals surface area contributed by atoms with E-state index in [0.717, 1.165) is 12.1 Å². The average Bonchev–Trinajstić information content (AvgIpc) is 2.71. The summed E-state index contributed by atoms with van der Waals surface area (Å²) < 4.78 is 41.0. The number of hydrogen-bond acceptors (Lipinski definition) is 4. The fraction of sp³-hybridized carbons (Fsp3) is 0.0833. The highest BCUT2D eigenvalue weighted by Gasteiger charge is 2.21. The molecule has 0 spiro atoms. The van der Waals surface area contributed by atoms with Crippen LogP contribution in [0, 0.1) is 12.7 Å². The second-order valence-corrected chi connectivity index (χ2v) is 8.42. The van der Waals surface area contributed by atoms with E-state index in [1.807, 2.05) is 0 Å². The molecular formula is C12H10BrFN2O3S2. The Morgan fingerprint density at radius 1 is 1.38 bits per heavy atom. The molecule has 0 aliphatic heterocycles. The first-order valence-electron chi connectivity index (χ1n) is 5.59. The van der Waals surface area contributed by atoms with Gasteiger partial charge in [-0.3, -0.25) is 9.52 Å². The molecule has 0 bridgehead atoms. The molecular weight excluding hydrogens is 383 g/mol. The number of carbonyl (C=O) groups is 1. The van der Waals surface area contributed by atoms with Crippen molar-refractivity contribution < 1.29 is 17.6 Å². The summed E-state index contributed by atoms with van der Waals surface area (Å²) in [7, 11) is -3.95. The fourth-order valence-electron chi connectivity index (χ4n) is 1.65. The molecule has 0 atom stereocenters. The molecule has 1 aromatic heterocycles. The maximum Gasteiger partial charge on any atom is 0.263 e. The number of primary amides is 1. The number of amides is 1. The van der Waals surface area contributed by atoms with Crippen LogP contribution < -0.4 is 10.5 Å². The van der Waals surface area contributed by atoms with Gasteiger partial charge in [-0.1, -0.05) is 0 Å². The Morgan fingerprint density at radius 2 is 2.05 bits per heavy atom. The minimum Gasteiger partial charge on any atom is -0.366 e. The third-order valence-electron chi connectivity index (χ3n) is 2.63. The smallest absolute Gasteiger partial charge is 0.263 e. The van der Waals surface area contributed by atoms with Gasteiger partial charge < -0.3 is 5.73 Å². The highest BCUT2D eigenvalue weighted by Crippen LogP contribution is 2.31. The van der Waals surface area contributed by atoms with Crippen LogP contribution in [0.2, 0.25) is 0 Å². The normalized spacial score (nSPS) is 11.4. The van der Waals surface area contributed by atoms with E-state index < -0.39 is 21.7 Å². The Hall–Kier alpha value is -1.45. The number of aryl methyl sites for hydroxylation is 1. The van der Waals surface area contributed by atoms with Crippen molar-refractivity contribution in [2.75, 3.05) is 4.72 Å². The Morgan fingerprint density at radius 3 is 2.57 bits per heavy atom. The van der Waals surface area contributed by atoms with Gasteiger partial charge in [-0.25, -0.2) is 12.8 Å². The van der Waals surface area contributed by atoms with Gasteiger partial charge in [-0.15, -0.1) is 11.3 Å². The molecule has 0 unspecified atom stereocenters. The third kappa shape index (κ3) is 3.42. The number of anilines is 1. The fourth-order valence-corrected chi connectivity index (χ4v) is 5.13. The predicted octanol–water partition coefficient (Wildman–Crippen LogP) is 2.86. The molecule has 1 heterocycles. The Balaban J connectivity index is 2.43. The van der Waals surface area contributed by atoms with Crippen molar-refractivity contribution >= 4 is 48.9 Å². The quantitative estimate of drug-likeness (QED) is 0.837. The highest BCUT2D eigenvalue weighted by molar-refractivity contribution is 9.11. The number of hydrogen-bond donors (Lipinski definition) is 2. The van der Waals surface area contributed by atoms with Crippen molar-refractivity contribution in [3.8, 4) is 0 Å². The van der Waals surface area contributed by atoms with Crippen molar-refractivity contribution in [1.82, 2.24) is 0 Å². The molecule has 5 nitrogen and oxygen atoms in total. The summed E-state index contributed by atoms with van der Waals surface area (Å²) in [4.78, 5) is 11.7. The number of carbonyl (C=O) groups excluding carboxylic acids is 1. The molecule has 0 radical (unpaired) electrons. The molecule has 3 N–H and O–H groups in total. The number of benzene rings is 1. The van der Waals surface area contributed by atoms with E-state index in [1.165, 1.54) is 23.5 Å². The van der Waals surface area contributed by atoms with Crippen LogP contribution in [0.4, 0.5) is 10.1 Å². The van der Waals surface area contributed by atoms with Gasteiger partial charge in [-0.05, 0) is 47.1 Å². The molecule has 1 aromatic carbocycles. The van der Waals surface area contributed by atoms with Gasteiger partial charge in [0.1, 0.15) is 10.7 Å². The van der Waals surface area contributed by atoms with E-state index in [4.69, 9.17) is 5.73 Å². The summed E-state index contributed by atoms with van der Waals surface area (Å²) >= 11 is 4.45. The largest absolute Gasteiger partial charge is 0.366 e. The lowest BCUT2D eigenvalue weighted by Gasteiger charge is -2.09. The predicted molar refractivity (Wildman–Crippen MR) is 82.5 cm³/mol. The molecule has 1 amide bonds. The SMILES string of the molecule is Cc1sc(Br)cc1S(=O)(=O)Nc1cc(C(N)=O)ccc1F. The average molecular weight is 393 g/mol. The number of rotatable bonds is 4. The van der Waals surface area contributed by atoms with Crippen molar-refractivity contribution in [2.45, 2.75) is 11.8 Å². The molecule has 9 heteroatoms. The highest BCUT2D eigenvalue weighted by atomic mass is 79.9. The first-order chi connectivity index (χ1) is 9.70. The zero-order valence-electron chi connectivity index (χ0n) is 10.7. The lowest BCUT2D eigenvalue weighted by Crippen LogP contribution is -2.16. The van der Waals surface area contributed by atoms with Crippen LogP contribution in [0.15, 0.2) is 32.9 Å². The van der Waals surface area contributed by atoms with Gasteiger partial charge >= 0.3 is 0 Å². The first kappa shape index (κ1) is 15.9. The summed E-state index contributed by atoms with van der Waals surface area (Å²) in [5, 5.41) is 0. The second-order valence-electron chi connectivity index (χ2n) is 4.14. The van der Waals surface area contributed by atoms with Gasteiger partial charge in [0.2, 0.25) is 5.91 Å². The molecule has 112 valence electrons. The summed E-state index contributed by atoms with van der Waals surface area (Å²) in [6.45, 7) is 1.64. The van der Waals surface area contributed by atoms with Gasteiger partial charge in [-0.2, -0.15) is 0 Å². The van der Waals surface area contributed by atoms with Crippen molar-refractivity contribution in [3.05, 3.63) is 44.3 Å². The van der Waals surface area contributed by atoms with Crippen LogP contribution in [0.1, 0.15) is 15.2 Å². The first-order valence-corrected chi connectivity index (χ1v) is 8.68. The topological polar surface area (TPSA) is 89.3 Å². The number of halogens is 2. The zero-order chi connectivity index (χ0) is 15.8. The van der Waals surface area contributed by atoms with E-state index in [9.17, 15) is 17.6 Å². The molecule has 0 aliphatic rings. The Bertz CT molecular complexity index is 818. The van der Waals surface area contributed by atoms with Gasteiger partial charge in [0, 0.05) is 10.4 Å². The van der Waals surface area contributed by atoms with Gasteiger partial charge in [0.05, 0.1) is 9.47 Å². The van der Waals surface area contributed by atoms with Crippen LogP contribution >= 0.6 is 27.3 Å². The molecule has 2 aromatic rings. The van der Waals surface area contributed by atoms with Crippen molar-refractivity contribution in [2.24, 2.45) is 5.73 Å². The van der Waals surface area contributed by atoms with Crippen LogP contribution in [-0.4, -0.2) is 14.3 Å². The van der Waals surface area contributed by atoms with Crippen LogP contribution in [-0.2, 0) is 10.0 Å². The zero-order valence-corrected chi connectivity index (χ0v) is 13.9. The van der Waals surface area contributed by atoms with Gasteiger partial charge in [0.25, 0.3) is 10.0 Å². The Labute approximate surface area is 133 Å². The minimum atomic E-state index is -3.95. The molecule has 0 saturated heterocycles. The Kier molecular flexibility index (Phi) is 4.35. The number of thiophene rings is 1. The lowest BCUT2D eigenvalue weighted by molar-refractivity contribution is 0.100. The van der Waals surface area contributed by atoms with E-state index in [0.29, 0.717) is 8.66 Å². The minimum absolute atomic E-state index is 0.0114. The van der Waals surface area contributed by atoms with E-state index in [-0.39, 0.29) is 16.1 Å². The van der Waals surface area contributed by atoms with Crippen molar-refractivity contribution in [1.29, 1.82) is 0 Å². The summed E-state index contributed by atoms with van der Waals surface area (Å²) in [6.07, 6.45) is 0. The molecule has 21 heavy (non-hydrogen) atoms. The maximum absolute atomic E-state index is 13.7. The van der Waals surface area contributed by atoms with Gasteiger partial charge in [0.15, 0.2) is 0 Å². The second kappa shape index (κ2) is 5.74. The van der Waals surface area contributed by atoms with Crippen LogP contribution in [0.5, 0.6) is 0 Å².